The van der Waals surface area contributed by atoms with Crippen molar-refractivity contribution in [1.29, 1.82) is 0 Å². The Morgan fingerprint density at radius 2 is 2.16 bits per heavy atom. The molecule has 2 unspecified atom stereocenters. The Morgan fingerprint density at radius 1 is 1.37 bits per heavy atom. The molecule has 1 saturated heterocycles. The van der Waals surface area contributed by atoms with Gasteiger partial charge in [-0.05, 0) is 31.5 Å². The molecule has 2 rings (SSSR count). The Morgan fingerprint density at radius 3 is 2.79 bits per heavy atom. The lowest BCUT2D eigenvalue weighted by Gasteiger charge is -2.33. The zero-order chi connectivity index (χ0) is 13.9. The highest BCUT2D eigenvalue weighted by atomic mass is 32.2. The minimum atomic E-state index is -2.89. The van der Waals surface area contributed by atoms with Gasteiger partial charge in [-0.1, -0.05) is 6.07 Å². The van der Waals surface area contributed by atoms with Gasteiger partial charge in [0.05, 0.1) is 17.5 Å². The zero-order valence-electron chi connectivity index (χ0n) is 11.2. The highest BCUT2D eigenvalue weighted by molar-refractivity contribution is 7.91. The van der Waals surface area contributed by atoms with Crippen molar-refractivity contribution in [3.63, 3.8) is 0 Å². The molecule has 0 amide bonds. The number of pyridine rings is 1. The van der Waals surface area contributed by atoms with Crippen LogP contribution < -0.4 is 5.73 Å². The highest BCUT2D eigenvalue weighted by Gasteiger charge is 2.28. The van der Waals surface area contributed by atoms with Gasteiger partial charge in [-0.25, -0.2) is 8.42 Å². The summed E-state index contributed by atoms with van der Waals surface area (Å²) in [4.78, 5) is 6.31. The van der Waals surface area contributed by atoms with Gasteiger partial charge in [0, 0.05) is 25.0 Å². The van der Waals surface area contributed by atoms with Crippen LogP contribution in [0, 0.1) is 0 Å². The van der Waals surface area contributed by atoms with Crippen molar-refractivity contribution in [2.75, 3.05) is 24.6 Å². The van der Waals surface area contributed by atoms with Gasteiger partial charge in [-0.3, -0.25) is 9.88 Å². The lowest BCUT2D eigenvalue weighted by molar-refractivity contribution is 0.190. The fourth-order valence-corrected chi connectivity index (χ4v) is 3.92. The van der Waals surface area contributed by atoms with Crippen molar-refractivity contribution >= 4 is 9.84 Å². The summed E-state index contributed by atoms with van der Waals surface area (Å²) in [6, 6.07) is 3.85. The van der Waals surface area contributed by atoms with Gasteiger partial charge in [0.2, 0.25) is 0 Å². The van der Waals surface area contributed by atoms with Crippen molar-refractivity contribution in [2.24, 2.45) is 5.73 Å². The molecule has 0 spiro atoms. The zero-order valence-corrected chi connectivity index (χ0v) is 12.0. The van der Waals surface area contributed by atoms with Crippen molar-refractivity contribution in [1.82, 2.24) is 9.88 Å². The average molecular weight is 283 g/mol. The van der Waals surface area contributed by atoms with Gasteiger partial charge in [0.25, 0.3) is 0 Å². The molecule has 5 nitrogen and oxygen atoms in total. The molecule has 19 heavy (non-hydrogen) atoms. The van der Waals surface area contributed by atoms with E-state index in [0.29, 0.717) is 13.0 Å². The summed E-state index contributed by atoms with van der Waals surface area (Å²) in [5.74, 6) is 0.499. The van der Waals surface area contributed by atoms with Crippen LogP contribution in [0.4, 0.5) is 0 Å². The Hall–Kier alpha value is -0.980. The third-order valence-corrected chi connectivity index (χ3v) is 5.22. The standard InChI is InChI=1S/C13H21N3O2S/c1-11(14)13(12-4-2-5-15-10-12)16-6-3-8-19(17,18)9-7-16/h2,4-5,10-11,13H,3,6-9,14H2,1H3. The van der Waals surface area contributed by atoms with E-state index in [2.05, 4.69) is 9.88 Å². The predicted octanol–water partition coefficient (Wildman–Crippen LogP) is 0.590. The fraction of sp³-hybridized carbons (Fsp3) is 0.615. The lowest BCUT2D eigenvalue weighted by atomic mass is 10.0. The number of nitrogens with two attached hydrogens (primary N) is 1. The summed E-state index contributed by atoms with van der Waals surface area (Å²) in [6.45, 7) is 3.26. The van der Waals surface area contributed by atoms with Crippen LogP contribution in [0.25, 0.3) is 0 Å². The van der Waals surface area contributed by atoms with Crippen LogP contribution in [0.2, 0.25) is 0 Å². The number of hydrogen-bond acceptors (Lipinski definition) is 5. The first-order chi connectivity index (χ1) is 8.99. The first-order valence-electron chi connectivity index (χ1n) is 6.59. The van der Waals surface area contributed by atoms with E-state index >= 15 is 0 Å². The number of aromatic nitrogens is 1. The number of sulfone groups is 1. The van der Waals surface area contributed by atoms with Gasteiger partial charge < -0.3 is 5.73 Å². The van der Waals surface area contributed by atoms with Crippen molar-refractivity contribution in [2.45, 2.75) is 25.4 Å². The molecule has 0 bridgehead atoms. The summed E-state index contributed by atoms with van der Waals surface area (Å²) < 4.78 is 23.3. The van der Waals surface area contributed by atoms with E-state index in [1.165, 1.54) is 0 Å². The van der Waals surface area contributed by atoms with E-state index in [9.17, 15) is 8.42 Å². The van der Waals surface area contributed by atoms with Crippen LogP contribution >= 0.6 is 0 Å². The van der Waals surface area contributed by atoms with Crippen molar-refractivity contribution < 1.29 is 8.42 Å². The molecule has 1 fully saturated rings. The second-order valence-corrected chi connectivity index (χ2v) is 7.44. The molecular weight excluding hydrogens is 262 g/mol. The van der Waals surface area contributed by atoms with Crippen LogP contribution in [-0.4, -0.2) is 48.9 Å². The summed E-state index contributed by atoms with van der Waals surface area (Å²) >= 11 is 0. The monoisotopic (exact) mass is 283 g/mol. The van der Waals surface area contributed by atoms with Gasteiger partial charge in [-0.2, -0.15) is 0 Å². The van der Waals surface area contributed by atoms with Gasteiger partial charge in [-0.15, -0.1) is 0 Å². The first-order valence-corrected chi connectivity index (χ1v) is 8.42. The van der Waals surface area contributed by atoms with Crippen LogP contribution in [0.3, 0.4) is 0 Å². The molecule has 0 saturated carbocycles. The maximum Gasteiger partial charge on any atom is 0.151 e. The Labute approximate surface area is 114 Å². The quantitative estimate of drug-likeness (QED) is 0.878. The molecule has 6 heteroatoms. The van der Waals surface area contributed by atoms with E-state index in [-0.39, 0.29) is 23.6 Å². The first kappa shape index (κ1) is 14.4. The Balaban J connectivity index is 2.21. The molecule has 0 aromatic carbocycles. The maximum atomic E-state index is 11.7. The third kappa shape index (κ3) is 3.75. The molecule has 1 aliphatic heterocycles. The van der Waals surface area contributed by atoms with Crippen LogP contribution in [0.1, 0.15) is 24.9 Å². The Kier molecular flexibility index (Phi) is 4.54. The molecule has 2 atom stereocenters. The van der Waals surface area contributed by atoms with E-state index < -0.39 is 9.84 Å². The largest absolute Gasteiger partial charge is 0.326 e. The highest BCUT2D eigenvalue weighted by Crippen LogP contribution is 2.24. The Bertz CT molecular complexity index is 502. The molecule has 2 N–H and O–H groups in total. The normalized spacial score (nSPS) is 23.5. The second kappa shape index (κ2) is 5.98. The number of rotatable bonds is 3. The predicted molar refractivity (Wildman–Crippen MR) is 75.5 cm³/mol. The summed E-state index contributed by atoms with van der Waals surface area (Å²) in [5, 5.41) is 0. The molecule has 1 aromatic heterocycles. The molecule has 0 radical (unpaired) electrons. The van der Waals surface area contributed by atoms with Gasteiger partial charge in [0.15, 0.2) is 9.84 Å². The van der Waals surface area contributed by atoms with Crippen LogP contribution in [-0.2, 0) is 9.84 Å². The molecule has 106 valence electrons. The fourth-order valence-electron chi connectivity index (χ4n) is 2.63. The minimum absolute atomic E-state index is 0.0296. The van der Waals surface area contributed by atoms with Crippen LogP contribution in [0.5, 0.6) is 0 Å². The molecule has 2 heterocycles. The summed E-state index contributed by atoms with van der Waals surface area (Å²) in [5.41, 5.74) is 7.15. The molecular formula is C13H21N3O2S. The molecule has 0 aliphatic carbocycles. The SMILES string of the molecule is CC(N)C(c1cccnc1)N1CCCS(=O)(=O)CC1. The van der Waals surface area contributed by atoms with Crippen molar-refractivity contribution in [3.8, 4) is 0 Å². The third-order valence-electron chi connectivity index (χ3n) is 3.51. The average Bonchev–Trinajstić information content (AvgIpc) is 2.52. The number of hydrogen-bond donors (Lipinski definition) is 1. The van der Waals surface area contributed by atoms with Crippen LogP contribution in [0.15, 0.2) is 24.5 Å². The summed E-state index contributed by atoms with van der Waals surface area (Å²) in [6.07, 6.45) is 4.22. The van der Waals surface area contributed by atoms with Gasteiger partial charge in [0.1, 0.15) is 0 Å². The van der Waals surface area contributed by atoms with Gasteiger partial charge >= 0.3 is 0 Å². The molecule has 1 aliphatic rings. The van der Waals surface area contributed by atoms with E-state index in [1.807, 2.05) is 25.3 Å². The number of nitrogens with zero attached hydrogens (tertiary/aromatic N) is 2. The summed E-state index contributed by atoms with van der Waals surface area (Å²) in [7, 11) is -2.89. The minimum Gasteiger partial charge on any atom is -0.326 e. The lowest BCUT2D eigenvalue weighted by Crippen LogP contribution is -2.41. The topological polar surface area (TPSA) is 76.3 Å². The van der Waals surface area contributed by atoms with E-state index in [0.717, 1.165) is 12.1 Å². The second-order valence-electron chi connectivity index (χ2n) is 5.13. The van der Waals surface area contributed by atoms with E-state index in [4.69, 9.17) is 5.73 Å². The smallest absolute Gasteiger partial charge is 0.151 e. The van der Waals surface area contributed by atoms with E-state index in [1.54, 1.807) is 6.20 Å². The molecule has 1 aromatic rings. The van der Waals surface area contributed by atoms with Crippen molar-refractivity contribution in [3.05, 3.63) is 30.1 Å². The maximum absolute atomic E-state index is 11.7.